The number of hydrogen-bond donors (Lipinski definition) is 0. The normalized spacial score (nSPS) is 11.9. The van der Waals surface area contributed by atoms with E-state index in [-0.39, 0.29) is 6.10 Å². The molecule has 3 heteroatoms. The molecule has 0 aliphatic carbocycles. The summed E-state index contributed by atoms with van der Waals surface area (Å²) in [4.78, 5) is 11.6. The van der Waals surface area contributed by atoms with Crippen molar-refractivity contribution in [1.82, 2.24) is 0 Å². The second kappa shape index (κ2) is 10.3. The summed E-state index contributed by atoms with van der Waals surface area (Å²) in [5.74, 6) is 0. The van der Waals surface area contributed by atoms with Crippen LogP contribution in [0.2, 0.25) is 0 Å². The van der Waals surface area contributed by atoms with Crippen LogP contribution in [0.15, 0.2) is 30.3 Å². The summed E-state index contributed by atoms with van der Waals surface area (Å²) in [6.45, 7) is 4.63. The Kier molecular flexibility index (Phi) is 8.52. The molecule has 0 N–H and O–H groups in total. The molecule has 20 heavy (non-hydrogen) atoms. The largest absolute Gasteiger partial charge is 0.508 e. The van der Waals surface area contributed by atoms with Crippen LogP contribution < -0.4 is 0 Å². The molecule has 0 aliphatic rings. The minimum absolute atomic E-state index is 0.219. The molecule has 3 nitrogen and oxygen atoms in total. The standard InChI is InChI=1S/C17H26O3/c1-3-5-6-7-11-14-19-17(18)20-16(4-2)15-12-9-8-10-13-15/h8-10,12-13,16H,3-7,11,14H2,1-2H3. The minimum Gasteiger partial charge on any atom is -0.434 e. The van der Waals surface area contributed by atoms with Crippen molar-refractivity contribution < 1.29 is 14.3 Å². The molecule has 0 bridgehead atoms. The maximum atomic E-state index is 11.6. The number of unbranched alkanes of at least 4 members (excludes halogenated alkanes) is 4. The second-order valence-corrected chi connectivity index (χ2v) is 4.94. The molecule has 1 aromatic rings. The van der Waals surface area contributed by atoms with Crippen molar-refractivity contribution in [1.29, 1.82) is 0 Å². The number of carbonyl (C=O) groups excluding carboxylic acids is 1. The molecule has 0 fully saturated rings. The van der Waals surface area contributed by atoms with Crippen LogP contribution in [-0.4, -0.2) is 12.8 Å². The Morgan fingerprint density at radius 3 is 2.40 bits per heavy atom. The monoisotopic (exact) mass is 278 g/mol. The van der Waals surface area contributed by atoms with Gasteiger partial charge in [-0.25, -0.2) is 4.79 Å². The van der Waals surface area contributed by atoms with Crippen LogP contribution in [0.3, 0.4) is 0 Å². The predicted molar refractivity (Wildman–Crippen MR) is 80.7 cm³/mol. The highest BCUT2D eigenvalue weighted by atomic mass is 16.7. The van der Waals surface area contributed by atoms with Gasteiger partial charge in [-0.3, -0.25) is 0 Å². The molecule has 0 saturated heterocycles. The van der Waals surface area contributed by atoms with Gasteiger partial charge in [-0.05, 0) is 18.4 Å². The molecular weight excluding hydrogens is 252 g/mol. The fourth-order valence-electron chi connectivity index (χ4n) is 2.07. The van der Waals surface area contributed by atoms with Gasteiger partial charge in [0.05, 0.1) is 6.61 Å². The summed E-state index contributed by atoms with van der Waals surface area (Å²) in [7, 11) is 0. The van der Waals surface area contributed by atoms with E-state index in [0.717, 1.165) is 24.8 Å². The summed E-state index contributed by atoms with van der Waals surface area (Å²) in [6, 6.07) is 9.77. The Hall–Kier alpha value is -1.51. The summed E-state index contributed by atoms with van der Waals surface area (Å²) in [6.07, 6.45) is 5.66. The molecule has 0 radical (unpaired) electrons. The molecule has 112 valence electrons. The van der Waals surface area contributed by atoms with Crippen LogP contribution in [0.4, 0.5) is 4.79 Å². The van der Waals surface area contributed by atoms with Crippen molar-refractivity contribution in [3.8, 4) is 0 Å². The molecule has 1 aromatic carbocycles. The highest BCUT2D eigenvalue weighted by Crippen LogP contribution is 2.21. The number of ether oxygens (including phenoxy) is 2. The topological polar surface area (TPSA) is 35.5 Å². The smallest absolute Gasteiger partial charge is 0.434 e. The van der Waals surface area contributed by atoms with E-state index in [0.29, 0.717) is 6.61 Å². The molecule has 0 aliphatic heterocycles. The highest BCUT2D eigenvalue weighted by Gasteiger charge is 2.15. The first-order chi connectivity index (χ1) is 9.77. The maximum absolute atomic E-state index is 11.6. The molecular formula is C17H26O3. The van der Waals surface area contributed by atoms with Gasteiger partial charge in [-0.15, -0.1) is 0 Å². The third-order valence-electron chi connectivity index (χ3n) is 3.25. The van der Waals surface area contributed by atoms with Crippen LogP contribution in [0, 0.1) is 0 Å². The molecule has 0 heterocycles. The average molecular weight is 278 g/mol. The molecule has 1 rings (SSSR count). The van der Waals surface area contributed by atoms with E-state index in [4.69, 9.17) is 9.47 Å². The Balaban J connectivity index is 2.23. The van der Waals surface area contributed by atoms with Crippen molar-refractivity contribution in [2.24, 2.45) is 0 Å². The third kappa shape index (κ3) is 6.60. The van der Waals surface area contributed by atoms with E-state index in [9.17, 15) is 4.79 Å². The first-order valence-electron chi connectivity index (χ1n) is 7.66. The first kappa shape index (κ1) is 16.5. The van der Waals surface area contributed by atoms with E-state index in [1.165, 1.54) is 19.3 Å². The summed E-state index contributed by atoms with van der Waals surface area (Å²) in [5.41, 5.74) is 1.01. The van der Waals surface area contributed by atoms with Crippen molar-refractivity contribution in [3.05, 3.63) is 35.9 Å². The third-order valence-corrected chi connectivity index (χ3v) is 3.25. The molecule has 1 unspecified atom stereocenters. The lowest BCUT2D eigenvalue weighted by Crippen LogP contribution is -2.13. The van der Waals surface area contributed by atoms with Crippen LogP contribution in [0.5, 0.6) is 0 Å². The molecule has 1 atom stereocenters. The van der Waals surface area contributed by atoms with E-state index in [1.807, 2.05) is 37.3 Å². The summed E-state index contributed by atoms with van der Waals surface area (Å²) in [5, 5.41) is 0. The number of carbonyl (C=O) groups is 1. The average Bonchev–Trinajstić information content (AvgIpc) is 2.49. The van der Waals surface area contributed by atoms with Crippen LogP contribution in [0.25, 0.3) is 0 Å². The van der Waals surface area contributed by atoms with Gasteiger partial charge >= 0.3 is 6.16 Å². The van der Waals surface area contributed by atoms with Crippen molar-refractivity contribution >= 4 is 6.16 Å². The number of rotatable bonds is 9. The Morgan fingerprint density at radius 2 is 1.75 bits per heavy atom. The quantitative estimate of drug-likeness (QED) is 0.456. The lowest BCUT2D eigenvalue weighted by Gasteiger charge is -2.16. The summed E-state index contributed by atoms with van der Waals surface area (Å²) >= 11 is 0. The second-order valence-electron chi connectivity index (χ2n) is 4.94. The van der Waals surface area contributed by atoms with Gasteiger partial charge in [0.2, 0.25) is 0 Å². The zero-order chi connectivity index (χ0) is 14.6. The lowest BCUT2D eigenvalue weighted by molar-refractivity contribution is 0.0206. The maximum Gasteiger partial charge on any atom is 0.508 e. The molecule has 0 amide bonds. The zero-order valence-corrected chi connectivity index (χ0v) is 12.6. The van der Waals surface area contributed by atoms with Crippen molar-refractivity contribution in [2.75, 3.05) is 6.61 Å². The van der Waals surface area contributed by atoms with Gasteiger partial charge < -0.3 is 9.47 Å². The Morgan fingerprint density at radius 1 is 1.05 bits per heavy atom. The van der Waals surface area contributed by atoms with Gasteiger partial charge in [0.1, 0.15) is 6.10 Å². The van der Waals surface area contributed by atoms with Crippen molar-refractivity contribution in [2.45, 2.75) is 58.5 Å². The van der Waals surface area contributed by atoms with Gasteiger partial charge in [0.25, 0.3) is 0 Å². The van der Waals surface area contributed by atoms with Crippen LogP contribution in [0.1, 0.15) is 64.0 Å². The minimum atomic E-state index is -0.559. The Labute approximate surface area is 122 Å². The van der Waals surface area contributed by atoms with E-state index in [2.05, 4.69) is 6.92 Å². The van der Waals surface area contributed by atoms with E-state index >= 15 is 0 Å². The number of hydrogen-bond acceptors (Lipinski definition) is 3. The Bertz CT molecular complexity index is 362. The van der Waals surface area contributed by atoms with E-state index in [1.54, 1.807) is 0 Å². The van der Waals surface area contributed by atoms with Crippen LogP contribution >= 0.6 is 0 Å². The zero-order valence-electron chi connectivity index (χ0n) is 12.6. The van der Waals surface area contributed by atoms with Gasteiger partial charge in [-0.2, -0.15) is 0 Å². The lowest BCUT2D eigenvalue weighted by atomic mass is 10.1. The number of benzene rings is 1. The fourth-order valence-corrected chi connectivity index (χ4v) is 2.07. The SMILES string of the molecule is CCCCCCCOC(=O)OC(CC)c1ccccc1. The fraction of sp³-hybridized carbons (Fsp3) is 0.588. The highest BCUT2D eigenvalue weighted by molar-refractivity contribution is 5.60. The van der Waals surface area contributed by atoms with E-state index < -0.39 is 6.16 Å². The van der Waals surface area contributed by atoms with Crippen LogP contribution in [-0.2, 0) is 9.47 Å². The van der Waals surface area contributed by atoms with Crippen molar-refractivity contribution in [3.63, 3.8) is 0 Å². The predicted octanol–water partition coefficient (Wildman–Crippen LogP) is 5.26. The molecule has 0 spiro atoms. The first-order valence-corrected chi connectivity index (χ1v) is 7.66. The van der Waals surface area contributed by atoms with Gasteiger partial charge in [0, 0.05) is 0 Å². The van der Waals surface area contributed by atoms with Gasteiger partial charge in [-0.1, -0.05) is 69.9 Å². The van der Waals surface area contributed by atoms with Gasteiger partial charge in [0.15, 0.2) is 0 Å². The summed E-state index contributed by atoms with van der Waals surface area (Å²) < 4.78 is 10.5. The molecule has 0 saturated carbocycles. The molecule has 0 aromatic heterocycles.